The molecule has 0 spiro atoms. The van der Waals surface area contributed by atoms with Crippen molar-refractivity contribution in [3.05, 3.63) is 28.2 Å². The Morgan fingerprint density at radius 3 is 2.65 bits per heavy atom. The minimum absolute atomic E-state index is 0.485. The van der Waals surface area contributed by atoms with Crippen LogP contribution in [0.1, 0.15) is 44.2 Å². The van der Waals surface area contributed by atoms with Gasteiger partial charge in [0, 0.05) is 6.04 Å². The van der Waals surface area contributed by atoms with E-state index in [2.05, 4.69) is 53.4 Å². The Hall–Kier alpha value is -0.540. The predicted octanol–water partition coefficient (Wildman–Crippen LogP) is 4.54. The summed E-state index contributed by atoms with van der Waals surface area (Å²) < 4.78 is 6.81. The molecule has 3 rings (SSSR count). The van der Waals surface area contributed by atoms with E-state index >= 15 is 0 Å². The predicted molar refractivity (Wildman–Crippen MR) is 86.0 cm³/mol. The van der Waals surface area contributed by atoms with E-state index in [9.17, 15) is 0 Å². The third-order valence-electron chi connectivity index (χ3n) is 4.84. The second-order valence-corrected chi connectivity index (χ2v) is 7.15. The maximum Gasteiger partial charge on any atom is 0.133 e. The average molecular weight is 338 g/mol. The van der Waals surface area contributed by atoms with Gasteiger partial charge >= 0.3 is 0 Å². The van der Waals surface area contributed by atoms with Gasteiger partial charge < -0.3 is 10.1 Å². The number of halogens is 1. The summed E-state index contributed by atoms with van der Waals surface area (Å²) in [6, 6.07) is 7.05. The van der Waals surface area contributed by atoms with Gasteiger partial charge in [0.15, 0.2) is 0 Å². The molecule has 2 aliphatic rings. The molecule has 3 unspecified atom stereocenters. The van der Waals surface area contributed by atoms with Crippen molar-refractivity contribution in [2.24, 2.45) is 17.8 Å². The third kappa shape index (κ3) is 2.89. The number of hydrogen-bond acceptors (Lipinski definition) is 2. The summed E-state index contributed by atoms with van der Waals surface area (Å²) >= 11 is 3.65. The molecule has 0 amide bonds. The number of rotatable bonds is 6. The van der Waals surface area contributed by atoms with Gasteiger partial charge in [-0.05, 0) is 84.1 Å². The lowest BCUT2D eigenvalue weighted by Gasteiger charge is -2.25. The van der Waals surface area contributed by atoms with Crippen LogP contribution in [0.4, 0.5) is 0 Å². The zero-order chi connectivity index (χ0) is 14.1. The van der Waals surface area contributed by atoms with E-state index < -0.39 is 0 Å². The molecule has 110 valence electrons. The standard InChI is InChI=1S/C17H24BrNO/c1-3-6-20-16-5-4-11(10-15(16)18)17(19-2)14-8-12-7-13(12)9-14/h4-5,10,12-14,17,19H,3,6-9H2,1-2H3. The van der Waals surface area contributed by atoms with E-state index in [4.69, 9.17) is 4.74 Å². The third-order valence-corrected chi connectivity index (χ3v) is 5.46. The summed E-state index contributed by atoms with van der Waals surface area (Å²) in [4.78, 5) is 0. The lowest BCUT2D eigenvalue weighted by Crippen LogP contribution is -2.24. The van der Waals surface area contributed by atoms with E-state index in [0.717, 1.165) is 41.0 Å². The molecule has 2 saturated carbocycles. The molecule has 3 heteroatoms. The maximum absolute atomic E-state index is 5.74. The van der Waals surface area contributed by atoms with Gasteiger partial charge in [0.1, 0.15) is 5.75 Å². The van der Waals surface area contributed by atoms with E-state index in [1.807, 2.05) is 0 Å². The molecule has 0 saturated heterocycles. The molecular formula is C17H24BrNO. The van der Waals surface area contributed by atoms with Crippen molar-refractivity contribution in [3.63, 3.8) is 0 Å². The van der Waals surface area contributed by atoms with Crippen LogP contribution in [0.2, 0.25) is 0 Å². The highest BCUT2D eigenvalue weighted by Crippen LogP contribution is 2.57. The first-order chi connectivity index (χ1) is 9.72. The topological polar surface area (TPSA) is 21.3 Å². The lowest BCUT2D eigenvalue weighted by atomic mass is 9.89. The van der Waals surface area contributed by atoms with Gasteiger partial charge in [-0.3, -0.25) is 0 Å². The van der Waals surface area contributed by atoms with Crippen LogP contribution in [-0.2, 0) is 0 Å². The van der Waals surface area contributed by atoms with Crippen LogP contribution in [0.15, 0.2) is 22.7 Å². The largest absolute Gasteiger partial charge is 0.492 e. The molecule has 1 N–H and O–H groups in total. The van der Waals surface area contributed by atoms with Crippen LogP contribution in [0.3, 0.4) is 0 Å². The normalized spacial score (nSPS) is 29.1. The number of fused-ring (bicyclic) bond motifs is 1. The van der Waals surface area contributed by atoms with Crippen LogP contribution in [0.5, 0.6) is 5.75 Å². The van der Waals surface area contributed by atoms with Crippen molar-refractivity contribution in [1.29, 1.82) is 0 Å². The molecule has 2 fully saturated rings. The smallest absolute Gasteiger partial charge is 0.133 e. The fourth-order valence-electron chi connectivity index (χ4n) is 3.75. The monoisotopic (exact) mass is 337 g/mol. The van der Waals surface area contributed by atoms with Crippen LogP contribution in [0, 0.1) is 17.8 Å². The van der Waals surface area contributed by atoms with Crippen LogP contribution in [0.25, 0.3) is 0 Å². The minimum Gasteiger partial charge on any atom is -0.492 e. The Morgan fingerprint density at radius 1 is 1.30 bits per heavy atom. The van der Waals surface area contributed by atoms with Gasteiger partial charge in [0.25, 0.3) is 0 Å². The van der Waals surface area contributed by atoms with Crippen LogP contribution < -0.4 is 10.1 Å². The Labute approximate surface area is 130 Å². The van der Waals surface area contributed by atoms with Crippen LogP contribution >= 0.6 is 15.9 Å². The van der Waals surface area contributed by atoms with Crippen LogP contribution in [-0.4, -0.2) is 13.7 Å². The van der Waals surface area contributed by atoms with Gasteiger partial charge in [-0.2, -0.15) is 0 Å². The van der Waals surface area contributed by atoms with E-state index in [1.165, 1.54) is 24.8 Å². The second kappa shape index (κ2) is 6.07. The van der Waals surface area contributed by atoms with Gasteiger partial charge in [-0.1, -0.05) is 13.0 Å². The fraction of sp³-hybridized carbons (Fsp3) is 0.647. The van der Waals surface area contributed by atoms with Crippen molar-refractivity contribution >= 4 is 15.9 Å². The first kappa shape index (κ1) is 14.4. The number of hydrogen-bond donors (Lipinski definition) is 1. The molecule has 0 heterocycles. The first-order valence-electron chi connectivity index (χ1n) is 7.82. The fourth-order valence-corrected chi connectivity index (χ4v) is 4.26. The molecule has 3 atom stereocenters. The zero-order valence-corrected chi connectivity index (χ0v) is 13.9. The summed E-state index contributed by atoms with van der Waals surface area (Å²) in [7, 11) is 2.09. The Balaban J connectivity index is 1.72. The summed E-state index contributed by atoms with van der Waals surface area (Å²) in [6.45, 7) is 2.91. The van der Waals surface area contributed by atoms with Crippen molar-refractivity contribution in [1.82, 2.24) is 5.32 Å². The lowest BCUT2D eigenvalue weighted by molar-refractivity contribution is 0.314. The Bertz CT molecular complexity index is 466. The zero-order valence-electron chi connectivity index (χ0n) is 12.4. The summed E-state index contributed by atoms with van der Waals surface area (Å²) in [5, 5.41) is 3.53. The van der Waals surface area contributed by atoms with Gasteiger partial charge in [0.05, 0.1) is 11.1 Å². The molecule has 0 radical (unpaired) electrons. The quantitative estimate of drug-likeness (QED) is 0.822. The van der Waals surface area contributed by atoms with Crippen molar-refractivity contribution in [2.75, 3.05) is 13.7 Å². The molecule has 2 aliphatic carbocycles. The molecule has 1 aromatic carbocycles. The Morgan fingerprint density at radius 2 is 2.05 bits per heavy atom. The van der Waals surface area contributed by atoms with Gasteiger partial charge in [-0.25, -0.2) is 0 Å². The summed E-state index contributed by atoms with van der Waals surface area (Å²) in [5.41, 5.74) is 1.38. The molecular weight excluding hydrogens is 314 g/mol. The number of nitrogens with one attached hydrogen (secondary N) is 1. The van der Waals surface area contributed by atoms with Crippen molar-refractivity contribution in [3.8, 4) is 5.75 Å². The highest BCUT2D eigenvalue weighted by Gasteiger charge is 2.47. The molecule has 0 bridgehead atoms. The Kier molecular flexibility index (Phi) is 4.37. The molecule has 1 aromatic rings. The average Bonchev–Trinajstić information content (AvgIpc) is 3.06. The highest BCUT2D eigenvalue weighted by atomic mass is 79.9. The summed E-state index contributed by atoms with van der Waals surface area (Å²) in [6.07, 6.45) is 5.34. The highest BCUT2D eigenvalue weighted by molar-refractivity contribution is 9.10. The van der Waals surface area contributed by atoms with E-state index in [1.54, 1.807) is 0 Å². The van der Waals surface area contributed by atoms with Gasteiger partial charge in [-0.15, -0.1) is 0 Å². The summed E-state index contributed by atoms with van der Waals surface area (Å²) in [5.74, 6) is 3.83. The van der Waals surface area contributed by atoms with Gasteiger partial charge in [0.2, 0.25) is 0 Å². The molecule has 20 heavy (non-hydrogen) atoms. The molecule has 0 aliphatic heterocycles. The molecule has 0 aromatic heterocycles. The second-order valence-electron chi connectivity index (χ2n) is 6.29. The number of benzene rings is 1. The minimum atomic E-state index is 0.485. The number of ether oxygens (including phenoxy) is 1. The SMILES string of the molecule is CCCOc1ccc(C(NC)C2CC3CC3C2)cc1Br. The van der Waals surface area contributed by atoms with Crippen molar-refractivity contribution < 1.29 is 4.74 Å². The van der Waals surface area contributed by atoms with E-state index in [0.29, 0.717) is 6.04 Å². The molecule has 2 nitrogen and oxygen atoms in total. The first-order valence-corrected chi connectivity index (χ1v) is 8.61. The maximum atomic E-state index is 5.74. The van der Waals surface area contributed by atoms with Crippen molar-refractivity contribution in [2.45, 2.75) is 38.6 Å². The van der Waals surface area contributed by atoms with E-state index in [-0.39, 0.29) is 0 Å².